The molecular formula is C18H12F3NO2. The Labute approximate surface area is 136 Å². The van der Waals surface area contributed by atoms with Crippen molar-refractivity contribution in [3.8, 4) is 0 Å². The molecule has 0 amide bonds. The molecule has 2 aromatic rings. The first-order valence-electron chi connectivity index (χ1n) is 7.10. The Morgan fingerprint density at radius 2 is 1.83 bits per heavy atom. The summed E-state index contributed by atoms with van der Waals surface area (Å²) in [5.41, 5.74) is 1.01. The molecule has 0 unspecified atom stereocenters. The van der Waals surface area contributed by atoms with Crippen LogP contribution >= 0.6 is 0 Å². The Morgan fingerprint density at radius 3 is 2.54 bits per heavy atom. The minimum Gasteiger partial charge on any atom is -0.402 e. The number of esters is 1. The SMILES string of the molecule is Cc1cccc(C2=N/C(=C\c3cccc(C(F)(F)F)c3)C(=O)O2)c1. The van der Waals surface area contributed by atoms with Gasteiger partial charge in [-0.3, -0.25) is 0 Å². The smallest absolute Gasteiger partial charge is 0.402 e. The number of hydrogen-bond donors (Lipinski definition) is 0. The number of aliphatic imine (C=N–C) groups is 1. The second-order valence-corrected chi connectivity index (χ2v) is 5.33. The van der Waals surface area contributed by atoms with Gasteiger partial charge in [-0.2, -0.15) is 13.2 Å². The van der Waals surface area contributed by atoms with Gasteiger partial charge in [0.25, 0.3) is 0 Å². The summed E-state index contributed by atoms with van der Waals surface area (Å²) in [5, 5.41) is 0. The number of hydrogen-bond acceptors (Lipinski definition) is 3. The van der Waals surface area contributed by atoms with E-state index in [1.807, 2.05) is 13.0 Å². The van der Waals surface area contributed by atoms with Crippen molar-refractivity contribution in [3.05, 3.63) is 76.5 Å². The monoisotopic (exact) mass is 331 g/mol. The second-order valence-electron chi connectivity index (χ2n) is 5.33. The van der Waals surface area contributed by atoms with Gasteiger partial charge in [0, 0.05) is 5.56 Å². The third-order valence-electron chi connectivity index (χ3n) is 3.40. The highest BCUT2D eigenvalue weighted by molar-refractivity contribution is 6.12. The molecule has 1 aliphatic rings. The van der Waals surface area contributed by atoms with Crippen LogP contribution in [0.15, 0.2) is 59.2 Å². The van der Waals surface area contributed by atoms with Gasteiger partial charge in [0.15, 0.2) is 5.70 Å². The Balaban J connectivity index is 1.95. The molecule has 2 aromatic carbocycles. The van der Waals surface area contributed by atoms with Crippen LogP contribution in [0.25, 0.3) is 6.08 Å². The van der Waals surface area contributed by atoms with Crippen molar-refractivity contribution in [3.63, 3.8) is 0 Å². The number of cyclic esters (lactones) is 1. The Hall–Kier alpha value is -2.89. The van der Waals surface area contributed by atoms with Crippen molar-refractivity contribution in [2.24, 2.45) is 4.99 Å². The summed E-state index contributed by atoms with van der Waals surface area (Å²) < 4.78 is 43.3. The maximum absolute atomic E-state index is 12.7. The van der Waals surface area contributed by atoms with Gasteiger partial charge in [0.1, 0.15) is 0 Å². The van der Waals surface area contributed by atoms with Crippen molar-refractivity contribution in [1.29, 1.82) is 0 Å². The fraction of sp³-hybridized carbons (Fsp3) is 0.111. The summed E-state index contributed by atoms with van der Waals surface area (Å²) >= 11 is 0. The summed E-state index contributed by atoms with van der Waals surface area (Å²) in [7, 11) is 0. The van der Waals surface area contributed by atoms with Crippen LogP contribution in [-0.4, -0.2) is 11.9 Å². The number of carbonyl (C=O) groups is 1. The number of nitrogens with zero attached hydrogens (tertiary/aromatic N) is 1. The molecule has 0 bridgehead atoms. The molecule has 0 N–H and O–H groups in total. The Morgan fingerprint density at radius 1 is 1.08 bits per heavy atom. The van der Waals surface area contributed by atoms with Crippen molar-refractivity contribution in [1.82, 2.24) is 0 Å². The van der Waals surface area contributed by atoms with Gasteiger partial charge in [0.05, 0.1) is 5.56 Å². The predicted molar refractivity (Wildman–Crippen MR) is 83.2 cm³/mol. The van der Waals surface area contributed by atoms with Crippen LogP contribution in [-0.2, 0) is 15.7 Å². The van der Waals surface area contributed by atoms with E-state index >= 15 is 0 Å². The first-order valence-corrected chi connectivity index (χ1v) is 7.10. The molecule has 0 saturated heterocycles. The second kappa shape index (κ2) is 5.96. The minimum atomic E-state index is -4.44. The number of rotatable bonds is 2. The van der Waals surface area contributed by atoms with Crippen LogP contribution in [0.5, 0.6) is 0 Å². The number of halogens is 3. The molecule has 0 fully saturated rings. The van der Waals surface area contributed by atoms with Crippen LogP contribution in [0.3, 0.4) is 0 Å². The fourth-order valence-corrected chi connectivity index (χ4v) is 2.27. The van der Waals surface area contributed by atoms with Gasteiger partial charge in [-0.05, 0) is 42.8 Å². The maximum atomic E-state index is 12.7. The highest BCUT2D eigenvalue weighted by Gasteiger charge is 2.30. The van der Waals surface area contributed by atoms with Crippen LogP contribution in [0, 0.1) is 6.92 Å². The quantitative estimate of drug-likeness (QED) is 0.606. The zero-order chi connectivity index (χ0) is 17.3. The van der Waals surface area contributed by atoms with E-state index < -0.39 is 17.7 Å². The van der Waals surface area contributed by atoms with Crippen LogP contribution in [0.1, 0.15) is 22.3 Å². The van der Waals surface area contributed by atoms with Crippen molar-refractivity contribution in [2.45, 2.75) is 13.1 Å². The molecule has 122 valence electrons. The molecule has 3 nitrogen and oxygen atoms in total. The number of alkyl halides is 3. The van der Waals surface area contributed by atoms with E-state index in [4.69, 9.17) is 4.74 Å². The summed E-state index contributed by atoms with van der Waals surface area (Å²) in [6.45, 7) is 1.89. The predicted octanol–water partition coefficient (Wildman–Crippen LogP) is 4.36. The summed E-state index contributed by atoms with van der Waals surface area (Å²) in [5.74, 6) is -0.550. The minimum absolute atomic E-state index is 0.0363. The van der Waals surface area contributed by atoms with Gasteiger partial charge < -0.3 is 4.74 Å². The summed E-state index contributed by atoms with van der Waals surface area (Å²) in [4.78, 5) is 16.0. The number of aryl methyl sites for hydroxylation is 1. The molecule has 24 heavy (non-hydrogen) atoms. The average Bonchev–Trinajstić information content (AvgIpc) is 2.88. The lowest BCUT2D eigenvalue weighted by molar-refractivity contribution is -0.137. The zero-order valence-electron chi connectivity index (χ0n) is 12.6. The van der Waals surface area contributed by atoms with E-state index in [0.717, 1.165) is 17.7 Å². The highest BCUT2D eigenvalue weighted by atomic mass is 19.4. The standard InChI is InChI=1S/C18H12F3NO2/c1-11-4-2-6-13(8-11)16-22-15(17(23)24-16)10-12-5-3-7-14(9-12)18(19,20)21/h2-10H,1H3/b15-10-. The molecule has 0 radical (unpaired) electrons. The number of carbonyl (C=O) groups excluding carboxylic acids is 1. The third-order valence-corrected chi connectivity index (χ3v) is 3.40. The molecule has 0 spiro atoms. The average molecular weight is 331 g/mol. The van der Waals surface area contributed by atoms with Gasteiger partial charge in [-0.25, -0.2) is 9.79 Å². The van der Waals surface area contributed by atoms with Crippen LogP contribution in [0.2, 0.25) is 0 Å². The maximum Gasteiger partial charge on any atom is 0.416 e. The first-order chi connectivity index (χ1) is 11.3. The molecule has 3 rings (SSSR count). The molecular weight excluding hydrogens is 319 g/mol. The Kier molecular flexibility index (Phi) is 3.97. The van der Waals surface area contributed by atoms with Crippen LogP contribution in [0.4, 0.5) is 13.2 Å². The van der Waals surface area contributed by atoms with Crippen molar-refractivity contribution < 1.29 is 22.7 Å². The summed E-state index contributed by atoms with van der Waals surface area (Å²) in [6, 6.07) is 11.9. The van der Waals surface area contributed by atoms with Gasteiger partial charge in [-0.15, -0.1) is 0 Å². The number of ether oxygens (including phenoxy) is 1. The third kappa shape index (κ3) is 3.37. The topological polar surface area (TPSA) is 38.7 Å². The van der Waals surface area contributed by atoms with Gasteiger partial charge in [-0.1, -0.05) is 29.8 Å². The lowest BCUT2D eigenvalue weighted by Crippen LogP contribution is -2.05. The highest BCUT2D eigenvalue weighted by Crippen LogP contribution is 2.30. The molecule has 1 heterocycles. The first kappa shape index (κ1) is 16.0. The van der Waals surface area contributed by atoms with Crippen molar-refractivity contribution >= 4 is 17.9 Å². The normalized spacial score (nSPS) is 16.2. The van der Waals surface area contributed by atoms with Crippen molar-refractivity contribution in [2.75, 3.05) is 0 Å². The van der Waals surface area contributed by atoms with Gasteiger partial charge >= 0.3 is 12.1 Å². The molecule has 0 aliphatic carbocycles. The molecule has 0 aromatic heterocycles. The lowest BCUT2D eigenvalue weighted by Gasteiger charge is -2.06. The van der Waals surface area contributed by atoms with Gasteiger partial charge in [0.2, 0.25) is 5.90 Å². The summed E-state index contributed by atoms with van der Waals surface area (Å²) in [6.07, 6.45) is -3.17. The fourth-order valence-electron chi connectivity index (χ4n) is 2.27. The lowest BCUT2D eigenvalue weighted by atomic mass is 10.1. The molecule has 1 aliphatic heterocycles. The van der Waals surface area contributed by atoms with E-state index in [1.54, 1.807) is 18.2 Å². The number of benzene rings is 2. The molecule has 6 heteroatoms. The Bertz CT molecular complexity index is 867. The van der Waals surface area contributed by atoms with E-state index in [1.165, 1.54) is 18.2 Å². The van der Waals surface area contributed by atoms with E-state index in [-0.39, 0.29) is 17.2 Å². The van der Waals surface area contributed by atoms with E-state index in [0.29, 0.717) is 5.56 Å². The molecule has 0 saturated carbocycles. The largest absolute Gasteiger partial charge is 0.416 e. The van der Waals surface area contributed by atoms with E-state index in [9.17, 15) is 18.0 Å². The van der Waals surface area contributed by atoms with Crippen LogP contribution < -0.4 is 0 Å². The van der Waals surface area contributed by atoms with E-state index in [2.05, 4.69) is 4.99 Å². The zero-order valence-corrected chi connectivity index (χ0v) is 12.6. The molecule has 0 atom stereocenters.